The molecule has 1 N–H and O–H groups in total. The van der Waals surface area contributed by atoms with Crippen LogP contribution in [-0.4, -0.2) is 30.4 Å². The van der Waals surface area contributed by atoms with Crippen molar-refractivity contribution in [3.63, 3.8) is 0 Å². The van der Waals surface area contributed by atoms with Gasteiger partial charge in [0.05, 0.1) is 17.9 Å². The van der Waals surface area contributed by atoms with Gasteiger partial charge >= 0.3 is 0 Å². The highest BCUT2D eigenvalue weighted by Crippen LogP contribution is 2.14. The Hall–Kier alpha value is -2.15. The van der Waals surface area contributed by atoms with Crippen LogP contribution >= 0.6 is 0 Å². The van der Waals surface area contributed by atoms with Crippen LogP contribution in [0.4, 0.5) is 5.69 Å². The predicted molar refractivity (Wildman–Crippen MR) is 85.3 cm³/mol. The van der Waals surface area contributed by atoms with Gasteiger partial charge in [0, 0.05) is 30.8 Å². The van der Waals surface area contributed by atoms with Crippen LogP contribution in [-0.2, 0) is 33.9 Å². The largest absolute Gasteiger partial charge is 0.326 e. The van der Waals surface area contributed by atoms with Crippen molar-refractivity contribution in [1.29, 1.82) is 0 Å². The van der Waals surface area contributed by atoms with Crippen LogP contribution in [0.5, 0.6) is 0 Å². The summed E-state index contributed by atoms with van der Waals surface area (Å²) in [6, 6.07) is 6.86. The Bertz CT molecular complexity index is 794. The van der Waals surface area contributed by atoms with E-state index in [-0.39, 0.29) is 18.1 Å². The predicted octanol–water partition coefficient (Wildman–Crippen LogP) is 1.45. The van der Waals surface area contributed by atoms with Crippen LogP contribution in [0.2, 0.25) is 0 Å². The van der Waals surface area contributed by atoms with Gasteiger partial charge in [-0.25, -0.2) is 8.42 Å². The summed E-state index contributed by atoms with van der Waals surface area (Å²) in [7, 11) is -1.29. The molecule has 1 aromatic carbocycles. The number of carbonyl (C=O) groups excluding carboxylic acids is 1. The van der Waals surface area contributed by atoms with Crippen molar-refractivity contribution in [2.24, 2.45) is 7.05 Å². The van der Waals surface area contributed by atoms with Gasteiger partial charge in [0.25, 0.3) is 0 Å². The third-order valence-electron chi connectivity index (χ3n) is 3.11. The highest BCUT2D eigenvalue weighted by molar-refractivity contribution is 7.89. The average molecular weight is 321 g/mol. The van der Waals surface area contributed by atoms with E-state index in [1.54, 1.807) is 28.9 Å². The third kappa shape index (κ3) is 4.70. The number of benzene rings is 1. The lowest BCUT2D eigenvalue weighted by Crippen LogP contribution is -2.15. The Balaban J connectivity index is 2.05. The molecule has 0 radical (unpaired) electrons. The Morgan fingerprint density at radius 2 is 2.09 bits per heavy atom. The van der Waals surface area contributed by atoms with Gasteiger partial charge in [0.1, 0.15) is 0 Å². The zero-order chi connectivity index (χ0) is 16.3. The lowest BCUT2D eigenvalue weighted by Gasteiger charge is -2.07. The summed E-state index contributed by atoms with van der Waals surface area (Å²) in [5.41, 5.74) is 2.93. The number of hydrogen-bond donors (Lipinski definition) is 1. The fraction of sp³-hybridized carbons (Fsp3) is 0.333. The highest BCUT2D eigenvalue weighted by atomic mass is 32.2. The van der Waals surface area contributed by atoms with Gasteiger partial charge in [-0.2, -0.15) is 5.10 Å². The standard InChI is InChI=1S/C15H19N3O3S/c1-11-13(9-18(2)17-11)8-15(19)16-14-6-4-5-12(7-14)10-22(3,20)21/h4-7,9H,8,10H2,1-3H3,(H,16,19). The number of hydrogen-bond acceptors (Lipinski definition) is 4. The quantitative estimate of drug-likeness (QED) is 0.904. The van der Waals surface area contributed by atoms with Crippen molar-refractivity contribution in [3.8, 4) is 0 Å². The van der Waals surface area contributed by atoms with Crippen LogP contribution in [0, 0.1) is 6.92 Å². The number of rotatable bonds is 5. The third-order valence-corrected chi connectivity index (χ3v) is 3.96. The number of nitrogens with zero attached hydrogens (tertiary/aromatic N) is 2. The molecule has 0 fully saturated rings. The van der Waals surface area contributed by atoms with E-state index in [1.165, 1.54) is 6.26 Å². The van der Waals surface area contributed by atoms with Gasteiger partial charge in [0.2, 0.25) is 5.91 Å². The van der Waals surface area contributed by atoms with E-state index >= 15 is 0 Å². The molecular formula is C15H19N3O3S. The molecule has 0 aliphatic carbocycles. The van der Waals surface area contributed by atoms with Crippen LogP contribution in [0.25, 0.3) is 0 Å². The molecule has 2 aromatic rings. The molecule has 1 amide bonds. The Kier molecular flexibility index (Phi) is 4.65. The van der Waals surface area contributed by atoms with E-state index in [1.807, 2.05) is 20.2 Å². The SMILES string of the molecule is Cc1nn(C)cc1CC(=O)Nc1cccc(CS(C)(=O)=O)c1. The lowest BCUT2D eigenvalue weighted by atomic mass is 10.1. The normalized spacial score (nSPS) is 11.4. The smallest absolute Gasteiger partial charge is 0.228 e. The number of amides is 1. The van der Waals surface area contributed by atoms with Gasteiger partial charge in [-0.3, -0.25) is 9.48 Å². The van der Waals surface area contributed by atoms with Gasteiger partial charge < -0.3 is 5.32 Å². The molecule has 1 heterocycles. The van der Waals surface area contributed by atoms with E-state index in [4.69, 9.17) is 0 Å². The maximum Gasteiger partial charge on any atom is 0.228 e. The first-order chi connectivity index (χ1) is 10.2. The fourth-order valence-corrected chi connectivity index (χ4v) is 3.03. The van der Waals surface area contributed by atoms with Gasteiger partial charge in [-0.1, -0.05) is 12.1 Å². The highest BCUT2D eigenvalue weighted by Gasteiger charge is 2.10. The van der Waals surface area contributed by atoms with E-state index < -0.39 is 9.84 Å². The van der Waals surface area contributed by atoms with E-state index in [0.29, 0.717) is 11.3 Å². The number of aromatic nitrogens is 2. The molecule has 0 aliphatic heterocycles. The number of carbonyl (C=O) groups is 1. The second-order valence-electron chi connectivity index (χ2n) is 5.41. The molecule has 2 rings (SSSR count). The molecule has 0 atom stereocenters. The molecule has 1 aromatic heterocycles. The summed E-state index contributed by atoms with van der Waals surface area (Å²) in [5, 5.41) is 6.98. The molecular weight excluding hydrogens is 302 g/mol. The number of nitrogens with one attached hydrogen (secondary N) is 1. The minimum atomic E-state index is -3.10. The minimum Gasteiger partial charge on any atom is -0.326 e. The molecule has 7 heteroatoms. The molecule has 0 saturated heterocycles. The fourth-order valence-electron chi connectivity index (χ4n) is 2.24. The zero-order valence-corrected chi connectivity index (χ0v) is 13.6. The minimum absolute atomic E-state index is 0.0432. The maximum atomic E-state index is 12.1. The second-order valence-corrected chi connectivity index (χ2v) is 7.55. The van der Waals surface area contributed by atoms with Crippen molar-refractivity contribution in [3.05, 3.63) is 47.3 Å². The van der Waals surface area contributed by atoms with Crippen molar-refractivity contribution in [2.75, 3.05) is 11.6 Å². The number of aryl methyl sites for hydroxylation is 2. The summed E-state index contributed by atoms with van der Waals surface area (Å²) < 4.78 is 24.3. The second kappa shape index (κ2) is 6.31. The van der Waals surface area contributed by atoms with Crippen molar-refractivity contribution in [1.82, 2.24) is 9.78 Å². The van der Waals surface area contributed by atoms with E-state index in [0.717, 1.165) is 11.3 Å². The van der Waals surface area contributed by atoms with E-state index in [9.17, 15) is 13.2 Å². The van der Waals surface area contributed by atoms with Crippen LogP contribution in [0.15, 0.2) is 30.5 Å². The number of anilines is 1. The molecule has 6 nitrogen and oxygen atoms in total. The number of sulfone groups is 1. The Morgan fingerprint density at radius 3 is 2.68 bits per heavy atom. The van der Waals surface area contributed by atoms with Crippen LogP contribution in [0.1, 0.15) is 16.8 Å². The van der Waals surface area contributed by atoms with Crippen LogP contribution < -0.4 is 5.32 Å². The molecule has 0 bridgehead atoms. The zero-order valence-electron chi connectivity index (χ0n) is 12.8. The first-order valence-corrected chi connectivity index (χ1v) is 8.84. The van der Waals surface area contributed by atoms with Crippen LogP contribution in [0.3, 0.4) is 0 Å². The Labute approximate surface area is 130 Å². The summed E-state index contributed by atoms with van der Waals surface area (Å²) in [4.78, 5) is 12.1. The van der Waals surface area contributed by atoms with Gasteiger partial charge in [0.15, 0.2) is 9.84 Å². The summed E-state index contributed by atoms with van der Waals surface area (Å²) in [6.45, 7) is 1.86. The molecule has 0 saturated carbocycles. The lowest BCUT2D eigenvalue weighted by molar-refractivity contribution is -0.115. The van der Waals surface area contributed by atoms with Crippen molar-refractivity contribution >= 4 is 21.4 Å². The molecule has 118 valence electrons. The Morgan fingerprint density at radius 1 is 1.36 bits per heavy atom. The van der Waals surface area contributed by atoms with Gasteiger partial charge in [-0.15, -0.1) is 0 Å². The first-order valence-electron chi connectivity index (χ1n) is 6.78. The molecule has 0 unspecified atom stereocenters. The van der Waals surface area contributed by atoms with Crippen molar-refractivity contribution in [2.45, 2.75) is 19.1 Å². The summed E-state index contributed by atoms with van der Waals surface area (Å²) in [6.07, 6.45) is 3.23. The molecule has 0 aliphatic rings. The monoisotopic (exact) mass is 321 g/mol. The van der Waals surface area contributed by atoms with Crippen molar-refractivity contribution < 1.29 is 13.2 Å². The molecule has 0 spiro atoms. The summed E-state index contributed by atoms with van der Waals surface area (Å²) >= 11 is 0. The first kappa shape index (κ1) is 16.2. The molecule has 22 heavy (non-hydrogen) atoms. The summed E-state index contributed by atoms with van der Waals surface area (Å²) in [5.74, 6) is -0.203. The van der Waals surface area contributed by atoms with Gasteiger partial charge in [-0.05, 0) is 24.6 Å². The topological polar surface area (TPSA) is 81.1 Å². The average Bonchev–Trinajstić information content (AvgIpc) is 2.65. The maximum absolute atomic E-state index is 12.1. The van der Waals surface area contributed by atoms with E-state index in [2.05, 4.69) is 10.4 Å².